The Hall–Kier alpha value is -2.12. The number of carbonyl (C=O) groups is 1. The number of amides is 1. The van der Waals surface area contributed by atoms with Crippen LogP contribution in [0.3, 0.4) is 0 Å². The predicted octanol–water partition coefficient (Wildman–Crippen LogP) is 2.75. The highest BCUT2D eigenvalue weighted by atomic mass is 16.6. The second-order valence-corrected chi connectivity index (χ2v) is 6.49. The van der Waals surface area contributed by atoms with Gasteiger partial charge in [0.1, 0.15) is 18.0 Å². The maximum atomic E-state index is 12.1. The quantitative estimate of drug-likeness (QED) is 0.619. The van der Waals surface area contributed by atoms with Gasteiger partial charge in [-0.05, 0) is 40.0 Å². The molecule has 1 aliphatic heterocycles. The van der Waals surface area contributed by atoms with Crippen LogP contribution in [0.4, 0.5) is 10.5 Å². The molecule has 1 aromatic heterocycles. The molecule has 2 heterocycles. The molecule has 1 atom stereocenters. The van der Waals surface area contributed by atoms with Crippen LogP contribution in [-0.2, 0) is 4.74 Å². The lowest BCUT2D eigenvalue weighted by molar-refractivity contribution is -0.385. The fourth-order valence-electron chi connectivity index (χ4n) is 2.47. The van der Waals surface area contributed by atoms with Gasteiger partial charge in [0, 0.05) is 13.1 Å². The molecule has 1 saturated heterocycles. The summed E-state index contributed by atoms with van der Waals surface area (Å²) >= 11 is 0. The summed E-state index contributed by atoms with van der Waals surface area (Å²) in [5.41, 5.74) is -0.515. The van der Waals surface area contributed by atoms with Crippen molar-refractivity contribution in [3.8, 4) is 0 Å². The van der Waals surface area contributed by atoms with E-state index in [1.165, 1.54) is 12.4 Å². The third-order valence-corrected chi connectivity index (χ3v) is 3.52. The zero-order valence-electron chi connectivity index (χ0n) is 13.2. The highest BCUT2D eigenvalue weighted by molar-refractivity contribution is 5.68. The summed E-state index contributed by atoms with van der Waals surface area (Å²) in [7, 11) is 0. The summed E-state index contributed by atoms with van der Waals surface area (Å²) in [5, 5.41) is 14.8. The molecule has 1 amide bonds. The molecule has 8 nitrogen and oxygen atoms in total. The standard InChI is InChI=1S/C14H22N4O4/c1-14(2,3)22-13(19)16-7-4-5-11(6-8-16)17-10-12(9-15-17)18(20)21/h9-11H,4-8H2,1-3H3/t11-/m1/s1. The van der Waals surface area contributed by atoms with Gasteiger partial charge in [-0.1, -0.05) is 0 Å². The van der Waals surface area contributed by atoms with Gasteiger partial charge in [-0.15, -0.1) is 0 Å². The van der Waals surface area contributed by atoms with E-state index in [4.69, 9.17) is 4.74 Å². The van der Waals surface area contributed by atoms with Crippen LogP contribution in [-0.4, -0.2) is 44.4 Å². The predicted molar refractivity (Wildman–Crippen MR) is 79.6 cm³/mol. The third-order valence-electron chi connectivity index (χ3n) is 3.52. The van der Waals surface area contributed by atoms with Crippen molar-refractivity contribution in [1.29, 1.82) is 0 Å². The van der Waals surface area contributed by atoms with Gasteiger partial charge < -0.3 is 9.64 Å². The number of hydrogen-bond donors (Lipinski definition) is 0. The molecular weight excluding hydrogens is 288 g/mol. The van der Waals surface area contributed by atoms with Crippen LogP contribution in [0.25, 0.3) is 0 Å². The summed E-state index contributed by atoms with van der Waals surface area (Å²) in [6.45, 7) is 6.72. The van der Waals surface area contributed by atoms with E-state index >= 15 is 0 Å². The second-order valence-electron chi connectivity index (χ2n) is 6.49. The minimum atomic E-state index is -0.509. The maximum Gasteiger partial charge on any atom is 0.410 e. The zero-order valence-corrected chi connectivity index (χ0v) is 13.2. The molecule has 122 valence electrons. The van der Waals surface area contributed by atoms with Crippen molar-refractivity contribution in [2.24, 2.45) is 0 Å². The second kappa shape index (κ2) is 6.33. The molecule has 0 bridgehead atoms. The number of nitro groups is 1. The fourth-order valence-corrected chi connectivity index (χ4v) is 2.47. The Morgan fingerprint density at radius 1 is 1.41 bits per heavy atom. The molecule has 2 rings (SSSR count). The summed E-state index contributed by atoms with van der Waals surface area (Å²) < 4.78 is 7.02. The van der Waals surface area contributed by atoms with Crippen LogP contribution in [0.5, 0.6) is 0 Å². The van der Waals surface area contributed by atoms with Crippen LogP contribution < -0.4 is 0 Å². The normalized spacial score (nSPS) is 19.6. The van der Waals surface area contributed by atoms with E-state index in [9.17, 15) is 14.9 Å². The van der Waals surface area contributed by atoms with Gasteiger partial charge in [0.2, 0.25) is 0 Å². The van der Waals surface area contributed by atoms with E-state index in [1.807, 2.05) is 20.8 Å². The lowest BCUT2D eigenvalue weighted by atomic mass is 10.1. The Balaban J connectivity index is 1.97. The summed E-state index contributed by atoms with van der Waals surface area (Å²) in [6.07, 6.45) is 4.76. The average molecular weight is 310 g/mol. The Bertz CT molecular complexity index is 549. The number of aromatic nitrogens is 2. The molecule has 1 aliphatic rings. The van der Waals surface area contributed by atoms with Gasteiger partial charge in [0.25, 0.3) is 0 Å². The maximum absolute atomic E-state index is 12.1. The van der Waals surface area contributed by atoms with Crippen molar-refractivity contribution in [1.82, 2.24) is 14.7 Å². The van der Waals surface area contributed by atoms with Crippen LogP contribution in [0.15, 0.2) is 12.4 Å². The van der Waals surface area contributed by atoms with Gasteiger partial charge >= 0.3 is 11.8 Å². The molecule has 0 N–H and O–H groups in total. The van der Waals surface area contributed by atoms with E-state index < -0.39 is 10.5 Å². The molecule has 0 unspecified atom stereocenters. The first kappa shape index (κ1) is 16.3. The average Bonchev–Trinajstić information content (AvgIpc) is 2.75. The minimum Gasteiger partial charge on any atom is -0.444 e. The van der Waals surface area contributed by atoms with Gasteiger partial charge in [-0.25, -0.2) is 4.79 Å². The summed E-state index contributed by atoms with van der Waals surface area (Å²) in [5.74, 6) is 0. The SMILES string of the molecule is CC(C)(C)OC(=O)N1CCC[C@@H](n2cc([N+](=O)[O-])cn2)CC1. The number of rotatable bonds is 2. The van der Waals surface area contributed by atoms with Crippen molar-refractivity contribution in [3.05, 3.63) is 22.5 Å². The molecular formula is C14H22N4O4. The monoisotopic (exact) mass is 310 g/mol. The molecule has 1 fully saturated rings. The molecule has 0 radical (unpaired) electrons. The summed E-state index contributed by atoms with van der Waals surface area (Å²) in [6, 6.07) is 0.0705. The molecule has 0 aromatic carbocycles. The van der Waals surface area contributed by atoms with Gasteiger partial charge in [0.15, 0.2) is 0 Å². The van der Waals surface area contributed by atoms with Gasteiger partial charge in [-0.2, -0.15) is 5.10 Å². The van der Waals surface area contributed by atoms with Crippen molar-refractivity contribution >= 4 is 11.8 Å². The number of carbonyl (C=O) groups excluding carboxylic acids is 1. The highest BCUT2D eigenvalue weighted by Crippen LogP contribution is 2.24. The molecule has 0 aliphatic carbocycles. The van der Waals surface area contributed by atoms with Crippen LogP contribution in [0.2, 0.25) is 0 Å². The van der Waals surface area contributed by atoms with Crippen molar-refractivity contribution < 1.29 is 14.5 Å². The first-order chi connectivity index (χ1) is 10.3. The lowest BCUT2D eigenvalue weighted by Gasteiger charge is -2.26. The van der Waals surface area contributed by atoms with Crippen molar-refractivity contribution in [2.75, 3.05) is 13.1 Å². The van der Waals surface area contributed by atoms with E-state index in [0.717, 1.165) is 12.8 Å². The van der Waals surface area contributed by atoms with Crippen LogP contribution >= 0.6 is 0 Å². The van der Waals surface area contributed by atoms with E-state index in [2.05, 4.69) is 5.10 Å². The minimum absolute atomic E-state index is 0.00625. The van der Waals surface area contributed by atoms with Crippen molar-refractivity contribution in [3.63, 3.8) is 0 Å². The largest absolute Gasteiger partial charge is 0.444 e. The Labute approximate surface area is 129 Å². The van der Waals surface area contributed by atoms with Gasteiger partial charge in [0.05, 0.1) is 11.0 Å². The zero-order chi connectivity index (χ0) is 16.3. The van der Waals surface area contributed by atoms with Crippen LogP contribution in [0.1, 0.15) is 46.1 Å². The fraction of sp³-hybridized carbons (Fsp3) is 0.714. The lowest BCUT2D eigenvalue weighted by Crippen LogP contribution is -2.37. The van der Waals surface area contributed by atoms with Crippen LogP contribution in [0, 0.1) is 10.1 Å². The number of ether oxygens (including phenoxy) is 1. The van der Waals surface area contributed by atoms with E-state index in [-0.39, 0.29) is 17.8 Å². The Kier molecular flexibility index (Phi) is 4.68. The van der Waals surface area contributed by atoms with Gasteiger partial charge in [-0.3, -0.25) is 14.8 Å². The van der Waals surface area contributed by atoms with Crippen molar-refractivity contribution in [2.45, 2.75) is 51.7 Å². The third kappa shape index (κ3) is 4.19. The Morgan fingerprint density at radius 2 is 2.14 bits per heavy atom. The molecule has 8 heteroatoms. The number of hydrogen-bond acceptors (Lipinski definition) is 5. The molecule has 1 aromatic rings. The molecule has 0 saturated carbocycles. The topological polar surface area (TPSA) is 90.5 Å². The highest BCUT2D eigenvalue weighted by Gasteiger charge is 2.26. The molecule has 22 heavy (non-hydrogen) atoms. The Morgan fingerprint density at radius 3 is 2.73 bits per heavy atom. The smallest absolute Gasteiger partial charge is 0.410 e. The summed E-state index contributed by atoms with van der Waals surface area (Å²) in [4.78, 5) is 24.1. The number of likely N-dealkylation sites (tertiary alicyclic amines) is 1. The molecule has 0 spiro atoms. The number of nitrogens with zero attached hydrogens (tertiary/aromatic N) is 4. The van der Waals surface area contributed by atoms with E-state index in [0.29, 0.717) is 19.5 Å². The van der Waals surface area contributed by atoms with E-state index in [1.54, 1.807) is 9.58 Å². The first-order valence-electron chi connectivity index (χ1n) is 7.43. The first-order valence-corrected chi connectivity index (χ1v) is 7.43.